The third kappa shape index (κ3) is 4.81. The van der Waals surface area contributed by atoms with Crippen molar-refractivity contribution >= 4 is 10.9 Å². The van der Waals surface area contributed by atoms with Gasteiger partial charge in [-0.3, -0.25) is 4.98 Å². The molecule has 3 rings (SSSR count). The number of benzene rings is 1. The molecule has 0 saturated heterocycles. The molecular weight excluding hydrogens is 360 g/mol. The van der Waals surface area contributed by atoms with Crippen LogP contribution < -0.4 is 10.5 Å². The van der Waals surface area contributed by atoms with Crippen molar-refractivity contribution in [3.63, 3.8) is 0 Å². The van der Waals surface area contributed by atoms with Gasteiger partial charge in [0, 0.05) is 22.7 Å². The van der Waals surface area contributed by atoms with E-state index in [1.807, 2.05) is 45.0 Å². The van der Waals surface area contributed by atoms with E-state index in [4.69, 9.17) is 10.5 Å². The van der Waals surface area contributed by atoms with Gasteiger partial charge >= 0.3 is 0 Å². The molecule has 0 unspecified atom stereocenters. The van der Waals surface area contributed by atoms with Crippen LogP contribution in [-0.2, 0) is 0 Å². The molecule has 4 nitrogen and oxygen atoms in total. The zero-order chi connectivity index (χ0) is 20.3. The highest BCUT2D eigenvalue weighted by molar-refractivity contribution is 5.93. The Morgan fingerprint density at radius 3 is 2.57 bits per heavy atom. The largest absolute Gasteiger partial charge is 0.491 e. The summed E-state index contributed by atoms with van der Waals surface area (Å²) in [6.45, 7) is 6.16. The molecule has 148 valence electrons. The number of hydrogen-bond donors (Lipinski definition) is 1. The molecule has 0 bridgehead atoms. The average Bonchev–Trinajstić information content (AvgIpc) is 2.64. The molecule has 2 heterocycles. The van der Waals surface area contributed by atoms with Crippen molar-refractivity contribution in [3.05, 3.63) is 54.4 Å². The second-order valence-electron chi connectivity index (χ2n) is 7.87. The summed E-state index contributed by atoms with van der Waals surface area (Å²) in [4.78, 5) is 8.53. The van der Waals surface area contributed by atoms with E-state index < -0.39 is 6.43 Å². The fourth-order valence-electron chi connectivity index (χ4n) is 3.40. The summed E-state index contributed by atoms with van der Waals surface area (Å²) in [7, 11) is 0. The lowest BCUT2D eigenvalue weighted by molar-refractivity contribution is 0.136. The molecule has 0 aliphatic rings. The summed E-state index contributed by atoms with van der Waals surface area (Å²) < 4.78 is 33.0. The normalized spacial score (nSPS) is 13.1. The fourth-order valence-corrected chi connectivity index (χ4v) is 3.40. The molecule has 0 spiro atoms. The van der Waals surface area contributed by atoms with Gasteiger partial charge in [0.2, 0.25) is 0 Å². The Morgan fingerprint density at radius 1 is 1.11 bits per heavy atom. The van der Waals surface area contributed by atoms with E-state index in [0.29, 0.717) is 12.3 Å². The van der Waals surface area contributed by atoms with Crippen LogP contribution >= 0.6 is 0 Å². The molecule has 3 aromatic rings. The molecule has 0 amide bonds. The molecule has 0 fully saturated rings. The molecule has 28 heavy (non-hydrogen) atoms. The molecule has 1 atom stereocenters. The van der Waals surface area contributed by atoms with Gasteiger partial charge in [-0.05, 0) is 50.5 Å². The first-order valence-electron chi connectivity index (χ1n) is 9.29. The number of rotatable bonds is 7. The molecule has 0 aliphatic carbocycles. The van der Waals surface area contributed by atoms with Gasteiger partial charge < -0.3 is 10.5 Å². The Bertz CT molecular complexity index is 949. The third-order valence-corrected chi connectivity index (χ3v) is 4.42. The Hall–Kier alpha value is -2.60. The summed E-state index contributed by atoms with van der Waals surface area (Å²) in [6.07, 6.45) is -0.350. The van der Waals surface area contributed by atoms with E-state index >= 15 is 0 Å². The molecule has 0 aliphatic heterocycles. The monoisotopic (exact) mass is 385 g/mol. The Kier molecular flexibility index (Phi) is 5.89. The molecule has 2 N–H and O–H groups in total. The number of alkyl halides is 2. The standard InChI is InChI=1S/C22H25F2N3O/c1-14(12-22(2,3)25)13-28-19-9-8-18(27-20(19)21(23)24)16-10-11-26-17-7-5-4-6-15(16)17/h4-11,14,21H,12-13,25H2,1-3H3/t14-/m0/s1. The summed E-state index contributed by atoms with van der Waals surface area (Å²) in [5.74, 6) is 0.244. The van der Waals surface area contributed by atoms with Gasteiger partial charge in [-0.1, -0.05) is 25.1 Å². The highest BCUT2D eigenvalue weighted by Crippen LogP contribution is 2.33. The minimum Gasteiger partial charge on any atom is -0.491 e. The lowest BCUT2D eigenvalue weighted by Crippen LogP contribution is -2.35. The summed E-state index contributed by atoms with van der Waals surface area (Å²) in [5, 5.41) is 0.866. The van der Waals surface area contributed by atoms with E-state index in [1.54, 1.807) is 24.4 Å². The Labute approximate surface area is 163 Å². The van der Waals surface area contributed by atoms with E-state index in [2.05, 4.69) is 9.97 Å². The maximum absolute atomic E-state index is 13.7. The van der Waals surface area contributed by atoms with Crippen molar-refractivity contribution in [1.29, 1.82) is 0 Å². The van der Waals surface area contributed by atoms with Gasteiger partial charge in [0.15, 0.2) is 0 Å². The van der Waals surface area contributed by atoms with E-state index in [0.717, 1.165) is 22.9 Å². The van der Waals surface area contributed by atoms with Crippen LogP contribution in [0.15, 0.2) is 48.7 Å². The number of nitrogens with two attached hydrogens (primary N) is 1. The topological polar surface area (TPSA) is 61.0 Å². The Morgan fingerprint density at radius 2 is 1.86 bits per heavy atom. The van der Waals surface area contributed by atoms with Crippen LogP contribution in [0.25, 0.3) is 22.2 Å². The summed E-state index contributed by atoms with van der Waals surface area (Å²) in [5.41, 5.74) is 7.36. The highest BCUT2D eigenvalue weighted by Gasteiger charge is 2.21. The number of pyridine rings is 2. The van der Waals surface area contributed by atoms with Crippen LogP contribution in [0.2, 0.25) is 0 Å². The molecule has 0 radical (unpaired) electrons. The van der Waals surface area contributed by atoms with Crippen molar-refractivity contribution in [2.24, 2.45) is 11.7 Å². The first-order valence-corrected chi connectivity index (χ1v) is 9.29. The summed E-state index contributed by atoms with van der Waals surface area (Å²) in [6, 6.07) is 12.6. The zero-order valence-corrected chi connectivity index (χ0v) is 16.3. The maximum atomic E-state index is 13.7. The minimum absolute atomic E-state index is 0.110. The lowest BCUT2D eigenvalue weighted by Gasteiger charge is -2.23. The van der Waals surface area contributed by atoms with Crippen LogP contribution in [0, 0.1) is 5.92 Å². The zero-order valence-electron chi connectivity index (χ0n) is 16.3. The number of fused-ring (bicyclic) bond motifs is 1. The quantitative estimate of drug-likeness (QED) is 0.593. The van der Waals surface area contributed by atoms with Crippen molar-refractivity contribution < 1.29 is 13.5 Å². The van der Waals surface area contributed by atoms with E-state index in [1.165, 1.54) is 0 Å². The first-order chi connectivity index (χ1) is 13.2. The second kappa shape index (κ2) is 8.19. The number of aromatic nitrogens is 2. The third-order valence-electron chi connectivity index (χ3n) is 4.42. The van der Waals surface area contributed by atoms with Gasteiger partial charge in [0.1, 0.15) is 11.4 Å². The first kappa shape index (κ1) is 20.1. The van der Waals surface area contributed by atoms with Gasteiger partial charge in [0.25, 0.3) is 6.43 Å². The average molecular weight is 385 g/mol. The Balaban J connectivity index is 1.89. The minimum atomic E-state index is -2.73. The highest BCUT2D eigenvalue weighted by atomic mass is 19.3. The number of ether oxygens (including phenoxy) is 1. The molecular formula is C22H25F2N3O. The van der Waals surface area contributed by atoms with Crippen LogP contribution in [0.3, 0.4) is 0 Å². The summed E-state index contributed by atoms with van der Waals surface area (Å²) >= 11 is 0. The van der Waals surface area contributed by atoms with Crippen LogP contribution in [0.4, 0.5) is 8.78 Å². The number of nitrogens with zero attached hydrogens (tertiary/aromatic N) is 2. The molecule has 2 aromatic heterocycles. The van der Waals surface area contributed by atoms with E-state index in [9.17, 15) is 8.78 Å². The van der Waals surface area contributed by atoms with Crippen molar-refractivity contribution in [1.82, 2.24) is 9.97 Å². The number of halogens is 2. The van der Waals surface area contributed by atoms with Gasteiger partial charge in [0.05, 0.1) is 17.8 Å². The smallest absolute Gasteiger partial charge is 0.284 e. The molecule has 6 heteroatoms. The van der Waals surface area contributed by atoms with Crippen molar-refractivity contribution in [2.45, 2.75) is 39.2 Å². The van der Waals surface area contributed by atoms with Crippen LogP contribution in [-0.4, -0.2) is 22.1 Å². The number of hydrogen-bond acceptors (Lipinski definition) is 4. The van der Waals surface area contributed by atoms with Gasteiger partial charge in [-0.2, -0.15) is 0 Å². The van der Waals surface area contributed by atoms with Crippen LogP contribution in [0.1, 0.15) is 39.3 Å². The van der Waals surface area contributed by atoms with Gasteiger partial charge in [-0.15, -0.1) is 0 Å². The SMILES string of the molecule is C[C@H](COc1ccc(-c2ccnc3ccccc23)nc1C(F)F)CC(C)(C)N. The predicted molar refractivity (Wildman–Crippen MR) is 107 cm³/mol. The molecule has 0 saturated carbocycles. The van der Waals surface area contributed by atoms with Crippen molar-refractivity contribution in [2.75, 3.05) is 6.61 Å². The molecule has 1 aromatic carbocycles. The predicted octanol–water partition coefficient (Wildman–Crippen LogP) is 5.38. The fraction of sp³-hybridized carbons (Fsp3) is 0.364. The second-order valence-corrected chi connectivity index (χ2v) is 7.87. The van der Waals surface area contributed by atoms with Crippen LogP contribution in [0.5, 0.6) is 5.75 Å². The van der Waals surface area contributed by atoms with E-state index in [-0.39, 0.29) is 22.9 Å². The lowest BCUT2D eigenvalue weighted by atomic mass is 9.93. The van der Waals surface area contributed by atoms with Crippen molar-refractivity contribution in [3.8, 4) is 17.0 Å². The maximum Gasteiger partial charge on any atom is 0.284 e. The van der Waals surface area contributed by atoms with Gasteiger partial charge in [-0.25, -0.2) is 13.8 Å². The number of para-hydroxylation sites is 1.